The van der Waals surface area contributed by atoms with Crippen LogP contribution in [0.2, 0.25) is 0 Å². The molecule has 1 aromatic rings. The maximum atomic E-state index is 13.4. The molecule has 16 heavy (non-hydrogen) atoms. The number of hydrogen-bond donors (Lipinski definition) is 1. The average Bonchev–Trinajstić information content (AvgIpc) is 2.15. The molecule has 0 bridgehead atoms. The first-order valence-electron chi connectivity index (χ1n) is 5.31. The Hall–Kier alpha value is -0.800. The maximum absolute atomic E-state index is 13.4. The Kier molecular flexibility index (Phi) is 4.56. The fourth-order valence-corrected chi connectivity index (χ4v) is 1.96. The molecule has 1 fully saturated rings. The molecule has 0 aromatic heterocycles. The quantitative estimate of drug-likeness (QED) is 0.888. The smallest absolute Gasteiger partial charge is 0.165 e. The third-order valence-corrected chi connectivity index (χ3v) is 3.22. The largest absolute Gasteiger partial charge is 0.494 e. The van der Waals surface area contributed by atoms with E-state index in [0.717, 1.165) is 18.4 Å². The van der Waals surface area contributed by atoms with Crippen molar-refractivity contribution >= 4 is 12.4 Å². The predicted molar refractivity (Wildman–Crippen MR) is 64.5 cm³/mol. The van der Waals surface area contributed by atoms with Gasteiger partial charge in [0, 0.05) is 6.04 Å². The Labute approximate surface area is 101 Å². The number of hydrogen-bond acceptors (Lipinski definition) is 2. The van der Waals surface area contributed by atoms with Crippen LogP contribution in [0.15, 0.2) is 18.2 Å². The normalized spacial score (nSPS) is 17.2. The Morgan fingerprint density at radius 3 is 2.56 bits per heavy atom. The summed E-state index contributed by atoms with van der Waals surface area (Å²) in [6, 6.07) is 4.95. The molecule has 0 unspecified atom stereocenters. The van der Waals surface area contributed by atoms with Crippen molar-refractivity contribution in [1.29, 1.82) is 0 Å². The van der Waals surface area contributed by atoms with Gasteiger partial charge in [-0.3, -0.25) is 0 Å². The van der Waals surface area contributed by atoms with Gasteiger partial charge >= 0.3 is 0 Å². The van der Waals surface area contributed by atoms with Crippen LogP contribution in [0.3, 0.4) is 0 Å². The van der Waals surface area contributed by atoms with Gasteiger partial charge in [-0.15, -0.1) is 12.4 Å². The van der Waals surface area contributed by atoms with Crippen LogP contribution in [-0.2, 0) is 0 Å². The molecule has 0 aliphatic heterocycles. The highest BCUT2D eigenvalue weighted by Gasteiger charge is 2.25. The Morgan fingerprint density at radius 2 is 2.12 bits per heavy atom. The van der Waals surface area contributed by atoms with Gasteiger partial charge in [-0.2, -0.15) is 0 Å². The number of ether oxygens (including phenoxy) is 1. The lowest BCUT2D eigenvalue weighted by Gasteiger charge is -2.31. The minimum Gasteiger partial charge on any atom is -0.494 e. The van der Waals surface area contributed by atoms with E-state index >= 15 is 0 Å². The molecule has 0 amide bonds. The fourth-order valence-electron chi connectivity index (χ4n) is 1.96. The summed E-state index contributed by atoms with van der Waals surface area (Å²) in [5.41, 5.74) is 6.93. The predicted octanol–water partition coefficient (Wildman–Crippen LogP) is 3.06. The van der Waals surface area contributed by atoms with E-state index in [1.807, 2.05) is 6.07 Å². The summed E-state index contributed by atoms with van der Waals surface area (Å²) in [4.78, 5) is 0. The average molecular weight is 246 g/mol. The molecule has 1 atom stereocenters. The van der Waals surface area contributed by atoms with Crippen LogP contribution in [-0.4, -0.2) is 7.11 Å². The SMILES string of the molecule is COc1ccc([C@H](N)C2CCC2)cc1F.Cl. The zero-order valence-electron chi connectivity index (χ0n) is 9.28. The number of benzene rings is 1. The second-order valence-electron chi connectivity index (χ2n) is 4.11. The molecule has 0 radical (unpaired) electrons. The molecule has 0 saturated heterocycles. The van der Waals surface area contributed by atoms with E-state index in [1.54, 1.807) is 6.07 Å². The van der Waals surface area contributed by atoms with Gasteiger partial charge in [-0.05, 0) is 36.5 Å². The van der Waals surface area contributed by atoms with Crippen molar-refractivity contribution in [2.75, 3.05) is 7.11 Å². The van der Waals surface area contributed by atoms with Crippen molar-refractivity contribution in [3.8, 4) is 5.75 Å². The molecule has 0 heterocycles. The van der Waals surface area contributed by atoms with Crippen LogP contribution in [0.5, 0.6) is 5.75 Å². The summed E-state index contributed by atoms with van der Waals surface area (Å²) in [5.74, 6) is 0.474. The minimum atomic E-state index is -0.329. The van der Waals surface area contributed by atoms with Crippen molar-refractivity contribution in [2.45, 2.75) is 25.3 Å². The summed E-state index contributed by atoms with van der Waals surface area (Å²) in [5, 5.41) is 0. The molecule has 2 nitrogen and oxygen atoms in total. The van der Waals surface area contributed by atoms with Gasteiger partial charge in [-0.25, -0.2) is 4.39 Å². The lowest BCUT2D eigenvalue weighted by Crippen LogP contribution is -2.26. The highest BCUT2D eigenvalue weighted by molar-refractivity contribution is 5.85. The molecule has 1 saturated carbocycles. The maximum Gasteiger partial charge on any atom is 0.165 e. The lowest BCUT2D eigenvalue weighted by atomic mass is 9.77. The van der Waals surface area contributed by atoms with E-state index in [2.05, 4.69) is 0 Å². The zero-order valence-corrected chi connectivity index (χ0v) is 10.1. The Morgan fingerprint density at radius 1 is 1.44 bits per heavy atom. The monoisotopic (exact) mass is 245 g/mol. The van der Waals surface area contributed by atoms with E-state index in [-0.39, 0.29) is 30.0 Å². The van der Waals surface area contributed by atoms with Gasteiger partial charge in [0.15, 0.2) is 11.6 Å². The van der Waals surface area contributed by atoms with Gasteiger partial charge in [0.05, 0.1) is 7.11 Å². The summed E-state index contributed by atoms with van der Waals surface area (Å²) in [6.07, 6.45) is 3.57. The van der Waals surface area contributed by atoms with Gasteiger partial charge in [-0.1, -0.05) is 12.5 Å². The highest BCUT2D eigenvalue weighted by Crippen LogP contribution is 2.36. The van der Waals surface area contributed by atoms with E-state index in [4.69, 9.17) is 10.5 Å². The highest BCUT2D eigenvalue weighted by atomic mass is 35.5. The van der Waals surface area contributed by atoms with Crippen molar-refractivity contribution < 1.29 is 9.13 Å². The molecular weight excluding hydrogens is 229 g/mol. The third-order valence-electron chi connectivity index (χ3n) is 3.22. The number of rotatable bonds is 3. The first kappa shape index (κ1) is 13.3. The number of nitrogens with two attached hydrogens (primary N) is 1. The van der Waals surface area contributed by atoms with Crippen LogP contribution in [0.4, 0.5) is 4.39 Å². The molecule has 4 heteroatoms. The second-order valence-corrected chi connectivity index (χ2v) is 4.11. The van der Waals surface area contributed by atoms with Gasteiger partial charge in [0.25, 0.3) is 0 Å². The summed E-state index contributed by atoms with van der Waals surface area (Å²) in [7, 11) is 1.46. The van der Waals surface area contributed by atoms with Gasteiger partial charge < -0.3 is 10.5 Å². The molecule has 1 aliphatic rings. The van der Waals surface area contributed by atoms with E-state index in [9.17, 15) is 4.39 Å². The standard InChI is InChI=1S/C12H16FNO.ClH/c1-15-11-6-5-9(7-10(11)13)12(14)8-3-2-4-8;/h5-8,12H,2-4,14H2,1H3;1H/t12-;/m1./s1. The van der Waals surface area contributed by atoms with Crippen molar-refractivity contribution in [2.24, 2.45) is 11.7 Å². The number of methoxy groups -OCH3 is 1. The minimum absolute atomic E-state index is 0. The molecule has 0 spiro atoms. The van der Waals surface area contributed by atoms with Crippen LogP contribution in [0, 0.1) is 11.7 Å². The number of halogens is 2. The molecule has 90 valence electrons. The van der Waals surface area contributed by atoms with Crippen molar-refractivity contribution in [3.05, 3.63) is 29.6 Å². The molecule has 1 aliphatic carbocycles. The molecule has 1 aromatic carbocycles. The topological polar surface area (TPSA) is 35.2 Å². The third kappa shape index (κ3) is 2.47. The summed E-state index contributed by atoms with van der Waals surface area (Å²) in [6.45, 7) is 0. The molecular formula is C12H17ClFNO. The first-order valence-corrected chi connectivity index (χ1v) is 5.31. The fraction of sp³-hybridized carbons (Fsp3) is 0.500. The van der Waals surface area contributed by atoms with Crippen LogP contribution >= 0.6 is 12.4 Å². The van der Waals surface area contributed by atoms with E-state index < -0.39 is 0 Å². The van der Waals surface area contributed by atoms with E-state index in [1.165, 1.54) is 19.6 Å². The van der Waals surface area contributed by atoms with Gasteiger partial charge in [0.1, 0.15) is 0 Å². The van der Waals surface area contributed by atoms with Crippen molar-refractivity contribution in [3.63, 3.8) is 0 Å². The summed E-state index contributed by atoms with van der Waals surface area (Å²) >= 11 is 0. The van der Waals surface area contributed by atoms with Crippen LogP contribution in [0.25, 0.3) is 0 Å². The van der Waals surface area contributed by atoms with E-state index in [0.29, 0.717) is 5.92 Å². The second kappa shape index (κ2) is 5.51. The van der Waals surface area contributed by atoms with Crippen molar-refractivity contribution in [1.82, 2.24) is 0 Å². The first-order chi connectivity index (χ1) is 7.22. The Bertz CT molecular complexity index is 355. The lowest BCUT2D eigenvalue weighted by molar-refractivity contribution is 0.263. The molecule has 2 N–H and O–H groups in total. The Balaban J connectivity index is 0.00000128. The zero-order chi connectivity index (χ0) is 10.8. The van der Waals surface area contributed by atoms with Crippen LogP contribution in [0.1, 0.15) is 30.9 Å². The summed E-state index contributed by atoms with van der Waals surface area (Å²) < 4.78 is 18.3. The van der Waals surface area contributed by atoms with Gasteiger partial charge in [0.2, 0.25) is 0 Å². The molecule has 2 rings (SSSR count). The van der Waals surface area contributed by atoms with Crippen LogP contribution < -0.4 is 10.5 Å².